The first kappa shape index (κ1) is 12.0. The fourth-order valence-corrected chi connectivity index (χ4v) is 2.15. The molecule has 0 amide bonds. The smallest absolute Gasteiger partial charge is 0.184 e. The summed E-state index contributed by atoms with van der Waals surface area (Å²) in [5, 5.41) is 19.3. The van der Waals surface area contributed by atoms with E-state index in [-0.39, 0.29) is 17.6 Å². The van der Waals surface area contributed by atoms with Crippen LogP contribution in [0.2, 0.25) is 0 Å². The van der Waals surface area contributed by atoms with Crippen LogP contribution in [0.1, 0.15) is 23.5 Å². The van der Waals surface area contributed by atoms with Gasteiger partial charge in [-0.05, 0) is 18.2 Å². The van der Waals surface area contributed by atoms with Crippen LogP contribution in [-0.2, 0) is 9.47 Å². The first-order valence-corrected chi connectivity index (χ1v) is 6.08. The molecular weight excluding hydrogens is 244 g/mol. The summed E-state index contributed by atoms with van der Waals surface area (Å²) in [4.78, 5) is 0. The minimum Gasteiger partial charge on any atom is -0.508 e. The highest BCUT2D eigenvalue weighted by molar-refractivity contribution is 5.40. The summed E-state index contributed by atoms with van der Waals surface area (Å²) >= 11 is 0. The van der Waals surface area contributed by atoms with Gasteiger partial charge in [0.1, 0.15) is 17.6 Å². The molecule has 1 saturated heterocycles. The van der Waals surface area contributed by atoms with Gasteiger partial charge in [0.2, 0.25) is 0 Å². The zero-order valence-electron chi connectivity index (χ0n) is 10.2. The average molecular weight is 258 g/mol. The summed E-state index contributed by atoms with van der Waals surface area (Å²) in [6.45, 7) is 0.344. The Morgan fingerprint density at radius 3 is 2.58 bits per heavy atom. The van der Waals surface area contributed by atoms with E-state index >= 15 is 0 Å². The highest BCUT2D eigenvalue weighted by Gasteiger charge is 2.30. The SMILES string of the molecule is Oc1ccc(O)c(C2CO[C@H](c3ccccc3)O2)c1. The molecule has 4 nitrogen and oxygen atoms in total. The van der Waals surface area contributed by atoms with E-state index in [9.17, 15) is 10.2 Å². The topological polar surface area (TPSA) is 58.9 Å². The number of ether oxygens (including phenoxy) is 2. The van der Waals surface area contributed by atoms with Crippen molar-refractivity contribution in [3.63, 3.8) is 0 Å². The van der Waals surface area contributed by atoms with Crippen molar-refractivity contribution >= 4 is 0 Å². The van der Waals surface area contributed by atoms with Crippen molar-refractivity contribution in [3.05, 3.63) is 59.7 Å². The van der Waals surface area contributed by atoms with Gasteiger partial charge < -0.3 is 19.7 Å². The van der Waals surface area contributed by atoms with E-state index in [4.69, 9.17) is 9.47 Å². The fourth-order valence-electron chi connectivity index (χ4n) is 2.15. The summed E-state index contributed by atoms with van der Waals surface area (Å²) in [7, 11) is 0. The maximum Gasteiger partial charge on any atom is 0.184 e. The summed E-state index contributed by atoms with van der Waals surface area (Å²) < 4.78 is 11.4. The molecule has 0 radical (unpaired) electrons. The number of phenolic OH excluding ortho intramolecular Hbond substituents is 2. The molecule has 19 heavy (non-hydrogen) atoms. The standard InChI is InChI=1S/C15H14O4/c16-11-6-7-13(17)12(8-11)14-9-18-15(19-14)10-4-2-1-3-5-10/h1-8,14-17H,9H2/t14?,15-/m0/s1. The number of phenols is 2. The molecule has 1 aliphatic heterocycles. The number of benzene rings is 2. The fraction of sp³-hybridized carbons (Fsp3) is 0.200. The molecule has 0 spiro atoms. The van der Waals surface area contributed by atoms with Crippen LogP contribution in [0.25, 0.3) is 0 Å². The van der Waals surface area contributed by atoms with Gasteiger partial charge in [0, 0.05) is 11.1 Å². The van der Waals surface area contributed by atoms with Crippen molar-refractivity contribution in [3.8, 4) is 11.5 Å². The Morgan fingerprint density at radius 2 is 1.79 bits per heavy atom. The predicted octanol–water partition coefficient (Wildman–Crippen LogP) is 2.88. The average Bonchev–Trinajstić information content (AvgIpc) is 2.92. The monoisotopic (exact) mass is 258 g/mol. The lowest BCUT2D eigenvalue weighted by Crippen LogP contribution is -2.01. The second-order valence-corrected chi connectivity index (χ2v) is 4.44. The number of aromatic hydroxyl groups is 2. The van der Waals surface area contributed by atoms with E-state index < -0.39 is 6.29 Å². The van der Waals surface area contributed by atoms with Crippen LogP contribution in [0.4, 0.5) is 0 Å². The third-order valence-corrected chi connectivity index (χ3v) is 3.12. The van der Waals surface area contributed by atoms with Crippen molar-refractivity contribution in [2.24, 2.45) is 0 Å². The van der Waals surface area contributed by atoms with E-state index in [1.165, 1.54) is 18.2 Å². The number of hydrogen-bond donors (Lipinski definition) is 2. The lowest BCUT2D eigenvalue weighted by Gasteiger charge is -2.13. The van der Waals surface area contributed by atoms with E-state index in [0.29, 0.717) is 12.2 Å². The van der Waals surface area contributed by atoms with Crippen LogP contribution in [0.5, 0.6) is 11.5 Å². The van der Waals surface area contributed by atoms with Crippen molar-refractivity contribution < 1.29 is 19.7 Å². The molecule has 3 rings (SSSR count). The number of rotatable bonds is 2. The molecule has 1 aliphatic rings. The largest absolute Gasteiger partial charge is 0.508 e. The maximum atomic E-state index is 9.81. The maximum absolute atomic E-state index is 9.81. The Balaban J connectivity index is 1.81. The molecule has 0 aliphatic carbocycles. The second-order valence-electron chi connectivity index (χ2n) is 4.44. The van der Waals surface area contributed by atoms with Crippen LogP contribution >= 0.6 is 0 Å². The molecule has 4 heteroatoms. The first-order chi connectivity index (χ1) is 9.24. The molecule has 2 aromatic carbocycles. The van der Waals surface area contributed by atoms with Crippen LogP contribution in [0.15, 0.2) is 48.5 Å². The Hall–Kier alpha value is -2.04. The molecule has 0 aromatic heterocycles. The van der Waals surface area contributed by atoms with Gasteiger partial charge >= 0.3 is 0 Å². The van der Waals surface area contributed by atoms with E-state index in [1.807, 2.05) is 30.3 Å². The van der Waals surface area contributed by atoms with E-state index in [1.54, 1.807) is 0 Å². The Morgan fingerprint density at radius 1 is 1.00 bits per heavy atom. The molecule has 0 bridgehead atoms. The zero-order chi connectivity index (χ0) is 13.2. The molecule has 2 atom stereocenters. The summed E-state index contributed by atoms with van der Waals surface area (Å²) in [5.41, 5.74) is 1.48. The Labute approximate surface area is 110 Å². The zero-order valence-corrected chi connectivity index (χ0v) is 10.2. The highest BCUT2D eigenvalue weighted by Crippen LogP contribution is 2.39. The van der Waals surface area contributed by atoms with Gasteiger partial charge in [-0.3, -0.25) is 0 Å². The van der Waals surface area contributed by atoms with Gasteiger partial charge in [-0.15, -0.1) is 0 Å². The van der Waals surface area contributed by atoms with Crippen molar-refractivity contribution in [1.82, 2.24) is 0 Å². The molecule has 1 unspecified atom stereocenters. The molecule has 1 heterocycles. The van der Waals surface area contributed by atoms with Gasteiger partial charge in [0.25, 0.3) is 0 Å². The minimum absolute atomic E-state index is 0.0968. The quantitative estimate of drug-likeness (QED) is 0.813. The summed E-state index contributed by atoms with van der Waals surface area (Å²) in [5.74, 6) is 0.194. The minimum atomic E-state index is -0.437. The van der Waals surface area contributed by atoms with E-state index in [2.05, 4.69) is 0 Å². The van der Waals surface area contributed by atoms with Gasteiger partial charge in [0.05, 0.1) is 6.61 Å². The van der Waals surface area contributed by atoms with Gasteiger partial charge in [0.15, 0.2) is 6.29 Å². The Bertz CT molecular complexity index is 568. The van der Waals surface area contributed by atoms with Crippen LogP contribution in [0, 0.1) is 0 Å². The lowest BCUT2D eigenvalue weighted by atomic mass is 10.1. The third-order valence-electron chi connectivity index (χ3n) is 3.12. The molecule has 0 saturated carbocycles. The molecular formula is C15H14O4. The highest BCUT2D eigenvalue weighted by atomic mass is 16.7. The third kappa shape index (κ3) is 2.41. The van der Waals surface area contributed by atoms with Crippen LogP contribution in [0.3, 0.4) is 0 Å². The van der Waals surface area contributed by atoms with Crippen molar-refractivity contribution in [2.75, 3.05) is 6.61 Å². The van der Waals surface area contributed by atoms with E-state index in [0.717, 1.165) is 5.56 Å². The molecule has 1 fully saturated rings. The molecule has 2 aromatic rings. The predicted molar refractivity (Wildman–Crippen MR) is 68.7 cm³/mol. The lowest BCUT2D eigenvalue weighted by molar-refractivity contribution is -0.0610. The molecule has 98 valence electrons. The summed E-state index contributed by atoms with van der Waals surface area (Å²) in [6, 6.07) is 14.0. The Kier molecular flexibility index (Phi) is 3.11. The molecule has 2 N–H and O–H groups in total. The summed E-state index contributed by atoms with van der Waals surface area (Å²) in [6.07, 6.45) is -0.815. The normalized spacial score (nSPS) is 22.5. The van der Waals surface area contributed by atoms with Gasteiger partial charge in [-0.1, -0.05) is 30.3 Å². The van der Waals surface area contributed by atoms with Crippen LogP contribution < -0.4 is 0 Å². The van der Waals surface area contributed by atoms with Crippen molar-refractivity contribution in [1.29, 1.82) is 0 Å². The first-order valence-electron chi connectivity index (χ1n) is 6.08. The van der Waals surface area contributed by atoms with Gasteiger partial charge in [-0.25, -0.2) is 0 Å². The van der Waals surface area contributed by atoms with Gasteiger partial charge in [-0.2, -0.15) is 0 Å². The number of hydrogen-bond acceptors (Lipinski definition) is 4. The van der Waals surface area contributed by atoms with Crippen LogP contribution in [-0.4, -0.2) is 16.8 Å². The van der Waals surface area contributed by atoms with Crippen molar-refractivity contribution in [2.45, 2.75) is 12.4 Å². The second kappa shape index (κ2) is 4.91.